The Morgan fingerprint density at radius 2 is 1.72 bits per heavy atom. The van der Waals surface area contributed by atoms with Crippen LogP contribution < -0.4 is 38.5 Å². The minimum atomic E-state index is -1.62. The van der Waals surface area contributed by atoms with Crippen LogP contribution in [0.1, 0.15) is 43.4 Å². The van der Waals surface area contributed by atoms with Gasteiger partial charge in [-0.25, -0.2) is 0 Å². The maximum absolute atomic E-state index is 13.8. The largest absolute Gasteiger partial charge is 0.393 e. The van der Waals surface area contributed by atoms with E-state index in [2.05, 4.69) is 21.3 Å². The molecule has 0 bridgehead atoms. The number of benzene rings is 1. The van der Waals surface area contributed by atoms with Crippen LogP contribution in [-0.2, 0) is 46.1 Å². The summed E-state index contributed by atoms with van der Waals surface area (Å²) in [6.07, 6.45) is 4.29. The molecule has 1 aromatic heterocycles. The van der Waals surface area contributed by atoms with Crippen LogP contribution >= 0.6 is 12.2 Å². The molecule has 0 aliphatic carbocycles. The Morgan fingerprint density at radius 1 is 1.04 bits per heavy atom. The second kappa shape index (κ2) is 18.8. The zero-order valence-corrected chi connectivity index (χ0v) is 27.3. The number of amides is 3. The molecule has 15 nitrogen and oxygen atoms in total. The number of aromatic nitrogens is 2. The van der Waals surface area contributed by atoms with Crippen LogP contribution in [-0.4, -0.2) is 87.6 Å². The number of rotatable bonds is 20. The normalized spacial score (nSPS) is 14.3. The molecule has 0 spiro atoms. The molecule has 0 fully saturated rings. The first-order valence-electron chi connectivity index (χ1n) is 15.1. The van der Waals surface area contributed by atoms with Crippen molar-refractivity contribution in [2.24, 2.45) is 31.3 Å². The van der Waals surface area contributed by atoms with Gasteiger partial charge in [0.15, 0.2) is 10.7 Å². The van der Waals surface area contributed by atoms with Crippen LogP contribution in [0.15, 0.2) is 36.5 Å². The highest BCUT2D eigenvalue weighted by molar-refractivity contribution is 7.71. The molecule has 0 radical (unpaired) electrons. The van der Waals surface area contributed by atoms with E-state index in [-0.39, 0.29) is 31.6 Å². The van der Waals surface area contributed by atoms with Gasteiger partial charge in [0.2, 0.25) is 17.7 Å². The summed E-state index contributed by atoms with van der Waals surface area (Å²) >= 11 is 5.40. The molecule has 4 atom stereocenters. The fourth-order valence-corrected chi connectivity index (χ4v) is 5.03. The van der Waals surface area contributed by atoms with E-state index in [1.807, 2.05) is 6.07 Å². The zero-order chi connectivity index (χ0) is 34.3. The number of carbonyl (C=O) groups is 4. The predicted octanol–water partition coefficient (Wildman–Crippen LogP) is -1.39. The minimum absolute atomic E-state index is 0.0372. The lowest BCUT2D eigenvalue weighted by Crippen LogP contribution is -2.61. The third kappa shape index (κ3) is 11.7. The number of carbonyl (C=O) groups excluding carboxylic acids is 4. The number of hydrogen-bond acceptors (Lipinski definition) is 9. The van der Waals surface area contributed by atoms with Gasteiger partial charge >= 0.3 is 0 Å². The van der Waals surface area contributed by atoms with Gasteiger partial charge in [-0.15, -0.1) is 0 Å². The van der Waals surface area contributed by atoms with Gasteiger partial charge in [0, 0.05) is 45.4 Å². The molecule has 12 N–H and O–H groups in total. The van der Waals surface area contributed by atoms with Crippen molar-refractivity contribution in [2.45, 2.75) is 68.6 Å². The van der Waals surface area contributed by atoms with Crippen molar-refractivity contribution >= 4 is 42.2 Å². The van der Waals surface area contributed by atoms with Gasteiger partial charge in [-0.3, -0.25) is 19.8 Å². The number of nitrogens with one attached hydrogen (secondary N) is 5. The van der Waals surface area contributed by atoms with Crippen LogP contribution in [0.25, 0.3) is 0 Å². The molecule has 16 heteroatoms. The Labute approximate surface area is 274 Å². The molecule has 0 aliphatic rings. The van der Waals surface area contributed by atoms with E-state index < -0.39 is 48.0 Å². The maximum atomic E-state index is 13.8. The van der Waals surface area contributed by atoms with Gasteiger partial charge < -0.3 is 57.5 Å². The number of hydrogen-bond donors (Lipinski definition) is 9. The molecule has 254 valence electrons. The average Bonchev–Trinajstić information content (AvgIpc) is 3.27. The molecule has 1 unspecified atom stereocenters. The molecule has 2 aromatic rings. The van der Waals surface area contributed by atoms with Crippen molar-refractivity contribution < 1.29 is 24.3 Å². The second-order valence-corrected chi connectivity index (χ2v) is 11.7. The Bertz CT molecular complexity index is 1380. The number of guanidine groups is 1. The Balaban J connectivity index is 2.30. The van der Waals surface area contributed by atoms with Crippen LogP contribution in [0, 0.1) is 10.2 Å². The van der Waals surface area contributed by atoms with Crippen molar-refractivity contribution in [3.05, 3.63) is 52.6 Å². The highest BCUT2D eigenvalue weighted by atomic mass is 32.1. The van der Waals surface area contributed by atoms with Crippen LogP contribution in [0.4, 0.5) is 0 Å². The first-order chi connectivity index (χ1) is 21.9. The molecule has 1 heterocycles. The Hall–Kier alpha value is -4.12. The Kier molecular flexibility index (Phi) is 15.5. The quantitative estimate of drug-likeness (QED) is 0.0265. The van der Waals surface area contributed by atoms with E-state index in [9.17, 15) is 24.3 Å². The maximum Gasteiger partial charge on any atom is 0.243 e. The molecule has 1 aromatic carbocycles. The fourth-order valence-electron chi connectivity index (χ4n) is 4.86. The van der Waals surface area contributed by atoms with Gasteiger partial charge in [-0.05, 0) is 56.4 Å². The molecule has 0 aliphatic heterocycles. The average molecular weight is 661 g/mol. The van der Waals surface area contributed by atoms with Crippen molar-refractivity contribution in [1.29, 1.82) is 5.41 Å². The summed E-state index contributed by atoms with van der Waals surface area (Å²) in [7, 11) is 3.50. The van der Waals surface area contributed by atoms with E-state index in [4.69, 9.17) is 34.8 Å². The van der Waals surface area contributed by atoms with Crippen molar-refractivity contribution in [3.8, 4) is 0 Å². The number of imidazole rings is 1. The second-order valence-electron chi connectivity index (χ2n) is 11.4. The lowest BCUT2D eigenvalue weighted by Gasteiger charge is -2.30. The van der Waals surface area contributed by atoms with E-state index in [1.54, 1.807) is 53.7 Å². The fraction of sp³-hybridized carbons (Fsp3) is 0.533. The van der Waals surface area contributed by atoms with Crippen LogP contribution in [0.2, 0.25) is 0 Å². The molecular formula is C30H48N10O5S. The third-order valence-electron chi connectivity index (χ3n) is 7.57. The number of nitrogens with two attached hydrogens (primary N) is 3. The topological polar surface area (TPSA) is 248 Å². The molecule has 0 saturated carbocycles. The van der Waals surface area contributed by atoms with Crippen LogP contribution in [0.5, 0.6) is 0 Å². The van der Waals surface area contributed by atoms with Gasteiger partial charge in [-0.2, -0.15) is 0 Å². The molecular weight excluding hydrogens is 612 g/mol. The van der Waals surface area contributed by atoms with E-state index in [1.165, 1.54) is 0 Å². The first-order valence-corrected chi connectivity index (χ1v) is 15.6. The summed E-state index contributed by atoms with van der Waals surface area (Å²) in [5.74, 6) is -2.08. The van der Waals surface area contributed by atoms with E-state index in [0.717, 1.165) is 5.56 Å². The number of aliphatic hydroxyl groups is 1. The number of aryl methyl sites for hydroxylation is 1. The number of aliphatic hydroxyl groups excluding tert-OH is 1. The van der Waals surface area contributed by atoms with E-state index in [0.29, 0.717) is 49.1 Å². The Morgan fingerprint density at radius 3 is 2.28 bits per heavy atom. The lowest BCUT2D eigenvalue weighted by molar-refractivity contribution is -0.134. The summed E-state index contributed by atoms with van der Waals surface area (Å²) in [5.41, 5.74) is 16.8. The molecule has 2 rings (SSSR count). The van der Waals surface area contributed by atoms with Crippen molar-refractivity contribution in [1.82, 2.24) is 30.4 Å². The summed E-state index contributed by atoms with van der Waals surface area (Å²) in [6, 6.07) is 5.72. The molecule has 3 amide bonds. The van der Waals surface area contributed by atoms with Gasteiger partial charge in [0.1, 0.15) is 23.9 Å². The number of nitrogens with zero attached hydrogens (tertiary/aromatic N) is 2. The van der Waals surface area contributed by atoms with Crippen LogP contribution in [0.3, 0.4) is 0 Å². The molecule has 46 heavy (non-hydrogen) atoms. The number of aldehydes is 1. The highest BCUT2D eigenvalue weighted by Crippen LogP contribution is 2.14. The zero-order valence-electron chi connectivity index (χ0n) is 26.5. The van der Waals surface area contributed by atoms with E-state index >= 15 is 0 Å². The lowest BCUT2D eigenvalue weighted by atomic mass is 9.92. The summed E-state index contributed by atoms with van der Waals surface area (Å²) in [4.78, 5) is 52.8. The standard InChI is InChI=1S/C30H48N10O5S/c1-39-17-21(40(2)29(39)46)15-24(37-25(43)22(32)11-8-14-35-28(33)34)26(44)36-23(12-6-7-13-31)27(45)38-30(18-41,19-42)16-20-9-4-3-5-10-20/h3-5,9-10,17-18,22-24,42H,6-8,11-16,19,31-32H2,1-2H3,(H,36,44)(H,37,43)(H,38,45)(H4,33,34,35)/t22-,23+,24+,30?/m1/s1. The third-order valence-corrected chi connectivity index (χ3v) is 8.14. The molecule has 0 saturated heterocycles. The monoisotopic (exact) mass is 660 g/mol. The summed E-state index contributed by atoms with van der Waals surface area (Å²) in [6.45, 7) is 0.0618. The minimum Gasteiger partial charge on any atom is -0.393 e. The van der Waals surface area contributed by atoms with Gasteiger partial charge in [-0.1, -0.05) is 30.3 Å². The van der Waals surface area contributed by atoms with Gasteiger partial charge in [0.05, 0.1) is 12.6 Å². The van der Waals surface area contributed by atoms with Crippen molar-refractivity contribution in [3.63, 3.8) is 0 Å². The first kappa shape index (κ1) is 38.1. The SMILES string of the molecule is Cn1cc(C[C@H](NC(=O)[C@H](N)CCCNC(=N)N)C(=O)N[C@@H](CCCCN)C(=O)NC(C=O)(CO)Cc2ccccc2)n(C)c1=S. The van der Waals surface area contributed by atoms with Gasteiger partial charge in [0.25, 0.3) is 0 Å². The van der Waals surface area contributed by atoms with Crippen molar-refractivity contribution in [2.75, 3.05) is 19.7 Å². The highest BCUT2D eigenvalue weighted by Gasteiger charge is 2.35. The predicted molar refractivity (Wildman–Crippen MR) is 177 cm³/mol. The smallest absolute Gasteiger partial charge is 0.243 e. The number of unbranched alkanes of at least 4 members (excludes halogenated alkanes) is 1. The summed E-state index contributed by atoms with van der Waals surface area (Å²) < 4.78 is 3.92. The summed E-state index contributed by atoms with van der Waals surface area (Å²) in [5, 5.41) is 28.2.